The van der Waals surface area contributed by atoms with Gasteiger partial charge in [-0.05, 0) is 50.3 Å². The van der Waals surface area contributed by atoms with Gasteiger partial charge in [0.25, 0.3) is 0 Å². The molecule has 86 valence electrons. The third-order valence-corrected chi connectivity index (χ3v) is 2.54. The Balaban J connectivity index is 2.50. The average Bonchev–Trinajstić information content (AvgIpc) is 2.28. The summed E-state index contributed by atoms with van der Waals surface area (Å²) in [5.74, 6) is 0.975. The standard InChI is InChI=1S/C14H19NO/c1-3-16-14-9-8-13(11-12(14)2)7-5-4-6-10-15/h8-9,11H,3-7H2,1-2H3. The van der Waals surface area contributed by atoms with E-state index in [0.717, 1.165) is 25.0 Å². The van der Waals surface area contributed by atoms with Crippen molar-refractivity contribution in [2.45, 2.75) is 39.5 Å². The van der Waals surface area contributed by atoms with E-state index in [1.54, 1.807) is 0 Å². The molecule has 0 aliphatic rings. The summed E-state index contributed by atoms with van der Waals surface area (Å²) < 4.78 is 5.49. The maximum Gasteiger partial charge on any atom is 0.122 e. The monoisotopic (exact) mass is 217 g/mol. The Morgan fingerprint density at radius 2 is 2.12 bits per heavy atom. The molecule has 2 heteroatoms. The van der Waals surface area contributed by atoms with Crippen molar-refractivity contribution in [1.82, 2.24) is 0 Å². The van der Waals surface area contributed by atoms with E-state index >= 15 is 0 Å². The van der Waals surface area contributed by atoms with Gasteiger partial charge in [0, 0.05) is 6.42 Å². The molecule has 0 aliphatic carbocycles. The van der Waals surface area contributed by atoms with Crippen LogP contribution in [0.15, 0.2) is 18.2 Å². The van der Waals surface area contributed by atoms with E-state index in [-0.39, 0.29) is 0 Å². The molecular formula is C14H19NO. The van der Waals surface area contributed by atoms with E-state index in [4.69, 9.17) is 10.00 Å². The Morgan fingerprint density at radius 1 is 1.31 bits per heavy atom. The molecule has 16 heavy (non-hydrogen) atoms. The van der Waals surface area contributed by atoms with Crippen LogP contribution in [-0.4, -0.2) is 6.61 Å². The first-order valence-electron chi connectivity index (χ1n) is 5.87. The summed E-state index contributed by atoms with van der Waals surface area (Å²) in [6, 6.07) is 8.50. The van der Waals surface area contributed by atoms with Crippen molar-refractivity contribution in [3.05, 3.63) is 29.3 Å². The van der Waals surface area contributed by atoms with Crippen LogP contribution in [0.2, 0.25) is 0 Å². The molecule has 0 heterocycles. The fraction of sp³-hybridized carbons (Fsp3) is 0.500. The van der Waals surface area contributed by atoms with Crippen molar-refractivity contribution in [3.8, 4) is 11.8 Å². The van der Waals surface area contributed by atoms with Crippen molar-refractivity contribution >= 4 is 0 Å². The number of hydrogen-bond donors (Lipinski definition) is 0. The fourth-order valence-corrected chi connectivity index (χ4v) is 1.72. The number of unbranched alkanes of at least 4 members (excludes halogenated alkanes) is 2. The van der Waals surface area contributed by atoms with Crippen molar-refractivity contribution < 1.29 is 4.74 Å². The van der Waals surface area contributed by atoms with E-state index in [0.29, 0.717) is 13.0 Å². The van der Waals surface area contributed by atoms with Gasteiger partial charge in [0.05, 0.1) is 12.7 Å². The second-order valence-electron chi connectivity index (χ2n) is 3.90. The molecule has 1 rings (SSSR count). The smallest absolute Gasteiger partial charge is 0.122 e. The molecule has 0 saturated heterocycles. The zero-order valence-corrected chi connectivity index (χ0v) is 10.1. The Morgan fingerprint density at radius 3 is 2.75 bits per heavy atom. The lowest BCUT2D eigenvalue weighted by atomic mass is 10.0. The zero-order valence-electron chi connectivity index (χ0n) is 10.1. The van der Waals surface area contributed by atoms with Crippen LogP contribution < -0.4 is 4.74 Å². The Labute approximate surface area is 97.9 Å². The number of benzene rings is 1. The van der Waals surface area contributed by atoms with Gasteiger partial charge in [0.15, 0.2) is 0 Å². The number of hydrogen-bond acceptors (Lipinski definition) is 2. The summed E-state index contributed by atoms with van der Waals surface area (Å²) in [6.07, 6.45) is 3.79. The number of aryl methyl sites for hydroxylation is 2. The summed E-state index contributed by atoms with van der Waals surface area (Å²) in [6.45, 7) is 4.78. The van der Waals surface area contributed by atoms with E-state index in [2.05, 4.69) is 25.1 Å². The Kier molecular flexibility index (Phi) is 5.42. The van der Waals surface area contributed by atoms with Crippen LogP contribution in [0.5, 0.6) is 5.75 Å². The van der Waals surface area contributed by atoms with Gasteiger partial charge in [0.2, 0.25) is 0 Å². The average molecular weight is 217 g/mol. The van der Waals surface area contributed by atoms with Crippen molar-refractivity contribution in [2.24, 2.45) is 0 Å². The molecule has 1 aromatic rings. The van der Waals surface area contributed by atoms with Crippen LogP contribution in [0.25, 0.3) is 0 Å². The molecule has 0 aromatic heterocycles. The summed E-state index contributed by atoms with van der Waals surface area (Å²) in [5.41, 5.74) is 2.53. The third kappa shape index (κ3) is 3.94. The minimum atomic E-state index is 0.663. The minimum absolute atomic E-state index is 0.663. The van der Waals surface area contributed by atoms with Gasteiger partial charge in [-0.25, -0.2) is 0 Å². The van der Waals surface area contributed by atoms with Crippen LogP contribution in [-0.2, 0) is 6.42 Å². The molecule has 0 unspecified atom stereocenters. The molecule has 0 fully saturated rings. The highest BCUT2D eigenvalue weighted by Gasteiger charge is 2.00. The van der Waals surface area contributed by atoms with Gasteiger partial charge >= 0.3 is 0 Å². The maximum atomic E-state index is 8.44. The van der Waals surface area contributed by atoms with E-state index < -0.39 is 0 Å². The van der Waals surface area contributed by atoms with Gasteiger partial charge in [-0.15, -0.1) is 0 Å². The number of nitriles is 1. The predicted octanol–water partition coefficient (Wildman–Crippen LogP) is 3.63. The van der Waals surface area contributed by atoms with Gasteiger partial charge in [-0.3, -0.25) is 0 Å². The number of rotatable bonds is 6. The second kappa shape index (κ2) is 6.90. The number of nitrogens with zero attached hydrogens (tertiary/aromatic N) is 1. The van der Waals surface area contributed by atoms with E-state index in [1.165, 1.54) is 11.1 Å². The normalized spacial score (nSPS) is 9.81. The topological polar surface area (TPSA) is 33.0 Å². The van der Waals surface area contributed by atoms with Crippen LogP contribution in [0.4, 0.5) is 0 Å². The highest BCUT2D eigenvalue weighted by molar-refractivity contribution is 5.36. The zero-order chi connectivity index (χ0) is 11.8. The molecule has 0 N–H and O–H groups in total. The van der Waals surface area contributed by atoms with Crippen LogP contribution in [0.1, 0.15) is 37.3 Å². The van der Waals surface area contributed by atoms with Gasteiger partial charge in [-0.2, -0.15) is 5.26 Å². The Bertz CT molecular complexity index is 365. The maximum absolute atomic E-state index is 8.44. The van der Waals surface area contributed by atoms with Gasteiger partial charge in [-0.1, -0.05) is 12.1 Å². The lowest BCUT2D eigenvalue weighted by molar-refractivity contribution is 0.338. The minimum Gasteiger partial charge on any atom is -0.494 e. The molecule has 0 spiro atoms. The third-order valence-electron chi connectivity index (χ3n) is 2.54. The van der Waals surface area contributed by atoms with Crippen molar-refractivity contribution in [3.63, 3.8) is 0 Å². The van der Waals surface area contributed by atoms with Gasteiger partial charge < -0.3 is 4.74 Å². The predicted molar refractivity (Wildman–Crippen MR) is 65.5 cm³/mol. The van der Waals surface area contributed by atoms with Crippen LogP contribution >= 0.6 is 0 Å². The first kappa shape index (κ1) is 12.6. The summed E-state index contributed by atoms with van der Waals surface area (Å²) in [5, 5.41) is 8.44. The van der Waals surface area contributed by atoms with Crippen molar-refractivity contribution in [2.75, 3.05) is 6.61 Å². The molecule has 0 aliphatic heterocycles. The first-order valence-corrected chi connectivity index (χ1v) is 5.87. The molecule has 0 atom stereocenters. The largest absolute Gasteiger partial charge is 0.494 e. The number of ether oxygens (including phenoxy) is 1. The van der Waals surface area contributed by atoms with Crippen molar-refractivity contribution in [1.29, 1.82) is 5.26 Å². The quantitative estimate of drug-likeness (QED) is 0.682. The molecule has 0 radical (unpaired) electrons. The van der Waals surface area contributed by atoms with Gasteiger partial charge in [0.1, 0.15) is 5.75 Å². The molecule has 1 aromatic carbocycles. The highest BCUT2D eigenvalue weighted by atomic mass is 16.5. The summed E-state index contributed by atoms with van der Waals surface area (Å²) in [4.78, 5) is 0. The highest BCUT2D eigenvalue weighted by Crippen LogP contribution is 2.20. The molecule has 0 amide bonds. The molecular weight excluding hydrogens is 198 g/mol. The van der Waals surface area contributed by atoms with E-state index in [1.807, 2.05) is 13.0 Å². The van der Waals surface area contributed by atoms with Crippen LogP contribution in [0, 0.1) is 18.3 Å². The molecule has 0 saturated carbocycles. The Hall–Kier alpha value is -1.49. The van der Waals surface area contributed by atoms with E-state index in [9.17, 15) is 0 Å². The van der Waals surface area contributed by atoms with Crippen LogP contribution in [0.3, 0.4) is 0 Å². The molecule has 2 nitrogen and oxygen atoms in total. The summed E-state index contributed by atoms with van der Waals surface area (Å²) in [7, 11) is 0. The lowest BCUT2D eigenvalue weighted by Crippen LogP contribution is -1.95. The SMILES string of the molecule is CCOc1ccc(CCCCC#N)cc1C. The molecule has 0 bridgehead atoms. The summed E-state index contributed by atoms with van der Waals surface area (Å²) >= 11 is 0. The first-order chi connectivity index (χ1) is 7.77. The fourth-order valence-electron chi connectivity index (χ4n) is 1.72. The second-order valence-corrected chi connectivity index (χ2v) is 3.90. The lowest BCUT2D eigenvalue weighted by Gasteiger charge is -2.08.